The fourth-order valence-electron chi connectivity index (χ4n) is 3.36. The summed E-state index contributed by atoms with van der Waals surface area (Å²) >= 11 is 0. The number of hydrogen-bond donors (Lipinski definition) is 2. The number of hydrogen-bond acceptors (Lipinski definition) is 3. The van der Waals surface area contributed by atoms with E-state index in [1.54, 1.807) is 18.1 Å². The quantitative estimate of drug-likeness (QED) is 0.403. The van der Waals surface area contributed by atoms with Gasteiger partial charge in [0.15, 0.2) is 5.96 Å². The Kier molecular flexibility index (Phi) is 8.93. The van der Waals surface area contributed by atoms with Gasteiger partial charge in [0.2, 0.25) is 5.91 Å². The second-order valence-corrected chi connectivity index (χ2v) is 7.03. The average molecular weight is 360 g/mol. The molecule has 1 aromatic heterocycles. The van der Waals surface area contributed by atoms with Gasteiger partial charge in [0, 0.05) is 45.5 Å². The van der Waals surface area contributed by atoms with E-state index in [0.717, 1.165) is 31.0 Å². The predicted molar refractivity (Wildman–Crippen MR) is 106 cm³/mol. The zero-order chi connectivity index (χ0) is 18.6. The second kappa shape index (κ2) is 11.5. The van der Waals surface area contributed by atoms with E-state index in [1.807, 2.05) is 25.2 Å². The standard InChI is InChI=1S/C20H33N5O/c1-21-20(23-14-7-10-17-8-3-4-9-17)24-16-19(26)25(2)15-12-18-11-5-6-13-22-18/h5-6,11,13,17H,3-4,7-10,12,14-16H2,1-2H3,(H2,21,23,24). The Morgan fingerprint density at radius 2 is 2.12 bits per heavy atom. The molecule has 6 nitrogen and oxygen atoms in total. The number of pyridine rings is 1. The maximum atomic E-state index is 12.2. The van der Waals surface area contributed by atoms with Crippen LogP contribution in [0.4, 0.5) is 0 Å². The minimum atomic E-state index is 0.0508. The number of carbonyl (C=O) groups is 1. The van der Waals surface area contributed by atoms with Crippen molar-refractivity contribution in [1.29, 1.82) is 0 Å². The minimum absolute atomic E-state index is 0.0508. The number of rotatable bonds is 9. The minimum Gasteiger partial charge on any atom is -0.356 e. The van der Waals surface area contributed by atoms with Crippen molar-refractivity contribution in [3.8, 4) is 0 Å². The molecule has 1 aromatic rings. The average Bonchev–Trinajstić information content (AvgIpc) is 3.19. The SMILES string of the molecule is CN=C(NCCCC1CCCC1)NCC(=O)N(C)CCc1ccccn1. The first kappa shape index (κ1) is 20.2. The summed E-state index contributed by atoms with van der Waals surface area (Å²) in [6, 6.07) is 5.84. The summed E-state index contributed by atoms with van der Waals surface area (Å²) in [5.41, 5.74) is 1.000. The third-order valence-electron chi connectivity index (χ3n) is 5.04. The molecule has 1 aliphatic rings. The normalized spacial score (nSPS) is 15.1. The van der Waals surface area contributed by atoms with Crippen LogP contribution in [0.2, 0.25) is 0 Å². The highest BCUT2D eigenvalue weighted by atomic mass is 16.2. The van der Waals surface area contributed by atoms with Crippen molar-refractivity contribution in [1.82, 2.24) is 20.5 Å². The highest BCUT2D eigenvalue weighted by molar-refractivity contribution is 5.86. The molecule has 0 atom stereocenters. The lowest BCUT2D eigenvalue weighted by atomic mass is 10.0. The Morgan fingerprint density at radius 1 is 1.31 bits per heavy atom. The molecule has 1 fully saturated rings. The fourth-order valence-corrected chi connectivity index (χ4v) is 3.36. The lowest BCUT2D eigenvalue weighted by molar-refractivity contribution is -0.128. The Hall–Kier alpha value is -2.11. The lowest BCUT2D eigenvalue weighted by Crippen LogP contribution is -2.44. The topological polar surface area (TPSA) is 69.6 Å². The fraction of sp³-hybridized carbons (Fsp3) is 0.650. The zero-order valence-electron chi connectivity index (χ0n) is 16.2. The summed E-state index contributed by atoms with van der Waals surface area (Å²) < 4.78 is 0. The molecule has 2 N–H and O–H groups in total. The van der Waals surface area contributed by atoms with Crippen molar-refractivity contribution >= 4 is 11.9 Å². The molecule has 0 bridgehead atoms. The number of nitrogens with one attached hydrogen (secondary N) is 2. The predicted octanol–water partition coefficient (Wildman–Crippen LogP) is 2.22. The van der Waals surface area contributed by atoms with Gasteiger partial charge in [-0.15, -0.1) is 0 Å². The van der Waals surface area contributed by atoms with Crippen LogP contribution in [0.3, 0.4) is 0 Å². The van der Waals surface area contributed by atoms with Gasteiger partial charge in [-0.05, 0) is 30.9 Å². The Bertz CT molecular complexity index is 555. The third kappa shape index (κ3) is 7.42. The zero-order valence-corrected chi connectivity index (χ0v) is 16.2. The molecular formula is C20H33N5O. The van der Waals surface area contributed by atoms with Crippen LogP contribution in [-0.4, -0.2) is 55.5 Å². The number of aliphatic imine (C=N–C) groups is 1. The number of likely N-dealkylation sites (N-methyl/N-ethyl adjacent to an activating group) is 1. The molecule has 2 rings (SSSR count). The van der Waals surface area contributed by atoms with Crippen LogP contribution >= 0.6 is 0 Å². The highest BCUT2D eigenvalue weighted by Gasteiger charge is 2.14. The van der Waals surface area contributed by atoms with Gasteiger partial charge < -0.3 is 15.5 Å². The number of amides is 1. The molecule has 0 spiro atoms. The van der Waals surface area contributed by atoms with Crippen LogP contribution in [-0.2, 0) is 11.2 Å². The van der Waals surface area contributed by atoms with Crippen molar-refractivity contribution in [2.75, 3.05) is 33.7 Å². The summed E-state index contributed by atoms with van der Waals surface area (Å²) in [5, 5.41) is 6.41. The van der Waals surface area contributed by atoms with E-state index in [-0.39, 0.29) is 12.5 Å². The largest absolute Gasteiger partial charge is 0.356 e. The smallest absolute Gasteiger partial charge is 0.241 e. The molecule has 0 saturated heterocycles. The van der Waals surface area contributed by atoms with E-state index in [9.17, 15) is 4.79 Å². The van der Waals surface area contributed by atoms with Crippen LogP contribution in [0.5, 0.6) is 0 Å². The first-order valence-electron chi connectivity index (χ1n) is 9.77. The van der Waals surface area contributed by atoms with Crippen molar-refractivity contribution < 1.29 is 4.79 Å². The van der Waals surface area contributed by atoms with E-state index in [0.29, 0.717) is 12.5 Å². The Balaban J connectivity index is 1.59. The van der Waals surface area contributed by atoms with E-state index in [2.05, 4.69) is 20.6 Å². The molecule has 1 saturated carbocycles. The monoisotopic (exact) mass is 359 g/mol. The molecule has 1 heterocycles. The van der Waals surface area contributed by atoms with Crippen molar-refractivity contribution in [3.05, 3.63) is 30.1 Å². The first-order chi connectivity index (χ1) is 12.7. The van der Waals surface area contributed by atoms with Crippen LogP contribution in [0.25, 0.3) is 0 Å². The number of carbonyl (C=O) groups excluding carboxylic acids is 1. The number of aromatic nitrogens is 1. The van der Waals surface area contributed by atoms with Crippen LogP contribution in [0.15, 0.2) is 29.4 Å². The van der Waals surface area contributed by atoms with E-state index in [4.69, 9.17) is 0 Å². The van der Waals surface area contributed by atoms with E-state index >= 15 is 0 Å². The van der Waals surface area contributed by atoms with Gasteiger partial charge in [-0.3, -0.25) is 14.8 Å². The van der Waals surface area contributed by atoms with E-state index < -0.39 is 0 Å². The Morgan fingerprint density at radius 3 is 2.81 bits per heavy atom. The van der Waals surface area contributed by atoms with Crippen molar-refractivity contribution in [2.24, 2.45) is 10.9 Å². The van der Waals surface area contributed by atoms with Gasteiger partial charge in [0.25, 0.3) is 0 Å². The summed E-state index contributed by atoms with van der Waals surface area (Å²) in [5.74, 6) is 1.67. The van der Waals surface area contributed by atoms with Gasteiger partial charge in [0.1, 0.15) is 0 Å². The number of guanidine groups is 1. The van der Waals surface area contributed by atoms with Gasteiger partial charge in [-0.25, -0.2) is 0 Å². The number of nitrogens with zero attached hydrogens (tertiary/aromatic N) is 3. The van der Waals surface area contributed by atoms with Crippen molar-refractivity contribution in [2.45, 2.75) is 44.9 Å². The Labute approximate surface area is 157 Å². The van der Waals surface area contributed by atoms with Gasteiger partial charge >= 0.3 is 0 Å². The summed E-state index contributed by atoms with van der Waals surface area (Å²) in [6.45, 7) is 1.81. The molecule has 1 aliphatic carbocycles. The maximum Gasteiger partial charge on any atom is 0.241 e. The summed E-state index contributed by atoms with van der Waals surface area (Å²) in [6.07, 6.45) is 10.6. The van der Waals surface area contributed by atoms with Gasteiger partial charge in [-0.1, -0.05) is 31.7 Å². The molecule has 26 heavy (non-hydrogen) atoms. The molecule has 0 radical (unpaired) electrons. The molecule has 0 aliphatic heterocycles. The van der Waals surface area contributed by atoms with Crippen LogP contribution in [0, 0.1) is 5.92 Å². The summed E-state index contributed by atoms with van der Waals surface area (Å²) in [7, 11) is 3.56. The van der Waals surface area contributed by atoms with Crippen LogP contribution in [0.1, 0.15) is 44.2 Å². The first-order valence-corrected chi connectivity index (χ1v) is 9.77. The molecular weight excluding hydrogens is 326 g/mol. The molecule has 1 amide bonds. The molecule has 6 heteroatoms. The summed E-state index contributed by atoms with van der Waals surface area (Å²) in [4.78, 5) is 22.5. The van der Waals surface area contributed by atoms with Crippen molar-refractivity contribution in [3.63, 3.8) is 0 Å². The second-order valence-electron chi connectivity index (χ2n) is 7.03. The maximum absolute atomic E-state index is 12.2. The van der Waals surface area contributed by atoms with Gasteiger partial charge in [-0.2, -0.15) is 0 Å². The highest BCUT2D eigenvalue weighted by Crippen LogP contribution is 2.28. The van der Waals surface area contributed by atoms with Crippen LogP contribution < -0.4 is 10.6 Å². The van der Waals surface area contributed by atoms with Gasteiger partial charge in [0.05, 0.1) is 6.54 Å². The van der Waals surface area contributed by atoms with E-state index in [1.165, 1.54) is 32.1 Å². The third-order valence-corrected chi connectivity index (χ3v) is 5.04. The molecule has 0 unspecified atom stereocenters. The lowest BCUT2D eigenvalue weighted by Gasteiger charge is -2.18. The molecule has 0 aromatic carbocycles. The molecule has 144 valence electrons.